The molecule has 3 rings (SSSR count). The standard InChI is InChI=1S/C17H21N3O3S/c21-10-14-11-24-16(19-14)8-18-13-4-1-3-12(7-13)17(23)20-6-2-5-15(22)9-20/h1,3-4,7,11,15,18,21-22H,2,5-6,8-10H2. The number of carbonyl (C=O) groups excluding carboxylic acids is 1. The molecule has 1 atom stereocenters. The number of likely N-dealkylation sites (tertiary alicyclic amines) is 1. The summed E-state index contributed by atoms with van der Waals surface area (Å²) < 4.78 is 0. The van der Waals surface area contributed by atoms with E-state index in [1.54, 1.807) is 11.0 Å². The summed E-state index contributed by atoms with van der Waals surface area (Å²) in [4.78, 5) is 18.6. The molecule has 1 aromatic carbocycles. The number of hydrogen-bond acceptors (Lipinski definition) is 6. The smallest absolute Gasteiger partial charge is 0.254 e. The summed E-state index contributed by atoms with van der Waals surface area (Å²) in [6.45, 7) is 1.59. The van der Waals surface area contributed by atoms with E-state index in [0.29, 0.717) is 30.9 Å². The van der Waals surface area contributed by atoms with Crippen LogP contribution in [0.4, 0.5) is 5.69 Å². The molecule has 0 aliphatic carbocycles. The van der Waals surface area contributed by atoms with Crippen LogP contribution in [0.25, 0.3) is 0 Å². The van der Waals surface area contributed by atoms with Crippen LogP contribution in [0.2, 0.25) is 0 Å². The van der Waals surface area contributed by atoms with Crippen molar-refractivity contribution in [2.45, 2.75) is 32.1 Å². The molecule has 1 aliphatic heterocycles. The second-order valence-electron chi connectivity index (χ2n) is 5.87. The predicted molar refractivity (Wildman–Crippen MR) is 92.9 cm³/mol. The van der Waals surface area contributed by atoms with Gasteiger partial charge in [0, 0.05) is 29.7 Å². The molecule has 24 heavy (non-hydrogen) atoms. The van der Waals surface area contributed by atoms with Gasteiger partial charge in [-0.2, -0.15) is 0 Å². The molecule has 3 N–H and O–H groups in total. The minimum Gasteiger partial charge on any atom is -0.391 e. The van der Waals surface area contributed by atoms with Crippen molar-refractivity contribution in [1.29, 1.82) is 0 Å². The Morgan fingerprint density at radius 1 is 1.46 bits per heavy atom. The maximum atomic E-state index is 12.6. The number of nitrogens with one attached hydrogen (secondary N) is 1. The number of benzene rings is 1. The van der Waals surface area contributed by atoms with E-state index in [1.165, 1.54) is 11.3 Å². The maximum absolute atomic E-state index is 12.6. The zero-order valence-corrected chi connectivity index (χ0v) is 14.1. The van der Waals surface area contributed by atoms with Crippen molar-refractivity contribution in [3.05, 3.63) is 45.9 Å². The zero-order chi connectivity index (χ0) is 16.9. The van der Waals surface area contributed by atoms with Crippen molar-refractivity contribution in [3.8, 4) is 0 Å². The van der Waals surface area contributed by atoms with Gasteiger partial charge >= 0.3 is 0 Å². The van der Waals surface area contributed by atoms with Crippen molar-refractivity contribution in [2.75, 3.05) is 18.4 Å². The van der Waals surface area contributed by atoms with Crippen LogP contribution in [0.1, 0.15) is 33.9 Å². The van der Waals surface area contributed by atoms with Gasteiger partial charge < -0.3 is 20.4 Å². The first-order chi connectivity index (χ1) is 11.7. The van der Waals surface area contributed by atoms with Crippen molar-refractivity contribution < 1.29 is 15.0 Å². The van der Waals surface area contributed by atoms with Crippen LogP contribution in [0.15, 0.2) is 29.6 Å². The Balaban J connectivity index is 1.63. The molecule has 1 amide bonds. The first-order valence-corrected chi connectivity index (χ1v) is 8.89. The molecule has 0 bridgehead atoms. The molecule has 2 aromatic rings. The monoisotopic (exact) mass is 347 g/mol. The Kier molecular flexibility index (Phi) is 5.44. The topological polar surface area (TPSA) is 85.7 Å². The largest absolute Gasteiger partial charge is 0.391 e. The number of anilines is 1. The minimum atomic E-state index is -0.422. The van der Waals surface area contributed by atoms with Crippen LogP contribution in [-0.2, 0) is 13.2 Å². The van der Waals surface area contributed by atoms with E-state index >= 15 is 0 Å². The Hall–Kier alpha value is -1.96. The van der Waals surface area contributed by atoms with Gasteiger partial charge in [-0.15, -0.1) is 11.3 Å². The molecule has 1 unspecified atom stereocenters. The molecule has 1 fully saturated rings. The van der Waals surface area contributed by atoms with Crippen molar-refractivity contribution >= 4 is 22.9 Å². The first kappa shape index (κ1) is 16.9. The maximum Gasteiger partial charge on any atom is 0.254 e. The second-order valence-corrected chi connectivity index (χ2v) is 6.81. The average molecular weight is 347 g/mol. The summed E-state index contributed by atoms with van der Waals surface area (Å²) in [6.07, 6.45) is 1.17. The lowest BCUT2D eigenvalue weighted by Crippen LogP contribution is -2.42. The highest BCUT2D eigenvalue weighted by Gasteiger charge is 2.23. The average Bonchev–Trinajstić information content (AvgIpc) is 3.08. The second kappa shape index (κ2) is 7.74. The number of thiazole rings is 1. The number of rotatable bonds is 5. The van der Waals surface area contributed by atoms with E-state index < -0.39 is 6.10 Å². The molecule has 7 heteroatoms. The summed E-state index contributed by atoms with van der Waals surface area (Å²) >= 11 is 1.49. The lowest BCUT2D eigenvalue weighted by Gasteiger charge is -2.30. The molecular weight excluding hydrogens is 326 g/mol. The van der Waals surface area contributed by atoms with E-state index in [1.807, 2.05) is 23.6 Å². The summed E-state index contributed by atoms with van der Waals surface area (Å²) in [6, 6.07) is 7.37. The molecule has 0 spiro atoms. The molecule has 1 saturated heterocycles. The van der Waals surface area contributed by atoms with Gasteiger partial charge in [0.15, 0.2) is 0 Å². The lowest BCUT2D eigenvalue weighted by molar-refractivity contribution is 0.0474. The van der Waals surface area contributed by atoms with Crippen molar-refractivity contribution in [3.63, 3.8) is 0 Å². The highest BCUT2D eigenvalue weighted by Crippen LogP contribution is 2.18. The number of amides is 1. The molecule has 0 radical (unpaired) electrons. The van der Waals surface area contributed by atoms with Crippen molar-refractivity contribution in [1.82, 2.24) is 9.88 Å². The quantitative estimate of drug-likeness (QED) is 0.768. The van der Waals surface area contributed by atoms with E-state index in [-0.39, 0.29) is 12.5 Å². The number of aliphatic hydroxyl groups excluding tert-OH is 2. The number of aromatic nitrogens is 1. The third kappa shape index (κ3) is 4.11. The van der Waals surface area contributed by atoms with Gasteiger partial charge in [0.05, 0.1) is 24.9 Å². The molecule has 128 valence electrons. The molecule has 2 heterocycles. The van der Waals surface area contributed by atoms with Gasteiger partial charge in [-0.3, -0.25) is 4.79 Å². The van der Waals surface area contributed by atoms with Crippen LogP contribution >= 0.6 is 11.3 Å². The van der Waals surface area contributed by atoms with Gasteiger partial charge in [0.25, 0.3) is 5.91 Å². The van der Waals surface area contributed by atoms with Gasteiger partial charge in [-0.05, 0) is 31.0 Å². The number of hydrogen-bond donors (Lipinski definition) is 3. The molecular formula is C17H21N3O3S. The third-order valence-corrected chi connectivity index (χ3v) is 4.90. The molecule has 1 aromatic heterocycles. The van der Waals surface area contributed by atoms with Crippen LogP contribution in [0.3, 0.4) is 0 Å². The van der Waals surface area contributed by atoms with E-state index in [0.717, 1.165) is 23.5 Å². The predicted octanol–water partition coefficient (Wildman–Crippen LogP) is 1.84. The number of piperidine rings is 1. The summed E-state index contributed by atoms with van der Waals surface area (Å²) in [5.74, 6) is -0.0470. The van der Waals surface area contributed by atoms with Crippen LogP contribution in [-0.4, -0.2) is 45.2 Å². The fourth-order valence-electron chi connectivity index (χ4n) is 2.76. The van der Waals surface area contributed by atoms with E-state index in [4.69, 9.17) is 5.11 Å². The fraction of sp³-hybridized carbons (Fsp3) is 0.412. The highest BCUT2D eigenvalue weighted by atomic mass is 32.1. The Morgan fingerprint density at radius 3 is 3.08 bits per heavy atom. The highest BCUT2D eigenvalue weighted by molar-refractivity contribution is 7.09. The Bertz CT molecular complexity index is 704. The van der Waals surface area contributed by atoms with Crippen LogP contribution in [0.5, 0.6) is 0 Å². The van der Waals surface area contributed by atoms with Crippen LogP contribution < -0.4 is 5.32 Å². The summed E-state index contributed by atoms with van der Waals surface area (Å²) in [7, 11) is 0. The molecule has 0 saturated carbocycles. The minimum absolute atomic E-state index is 0.0470. The number of carbonyl (C=O) groups is 1. The third-order valence-electron chi connectivity index (χ3n) is 4.00. The molecule has 6 nitrogen and oxygen atoms in total. The Labute approximate surface area is 144 Å². The fourth-order valence-corrected chi connectivity index (χ4v) is 3.49. The zero-order valence-electron chi connectivity index (χ0n) is 13.3. The van der Waals surface area contributed by atoms with Crippen molar-refractivity contribution in [2.24, 2.45) is 0 Å². The molecule has 1 aliphatic rings. The lowest BCUT2D eigenvalue weighted by atomic mass is 10.1. The van der Waals surface area contributed by atoms with Gasteiger partial charge in [-0.1, -0.05) is 6.07 Å². The Morgan fingerprint density at radius 2 is 2.33 bits per heavy atom. The number of nitrogens with zero attached hydrogens (tertiary/aromatic N) is 2. The first-order valence-electron chi connectivity index (χ1n) is 8.01. The summed E-state index contributed by atoms with van der Waals surface area (Å²) in [5, 5.41) is 24.7. The number of β-amino-alcohol motifs (C(OH)–C–C–N with tert-alkyl or cyclic N) is 1. The van der Waals surface area contributed by atoms with Gasteiger partial charge in [-0.25, -0.2) is 4.98 Å². The van der Waals surface area contributed by atoms with E-state index in [9.17, 15) is 9.90 Å². The van der Waals surface area contributed by atoms with E-state index in [2.05, 4.69) is 10.3 Å². The SMILES string of the molecule is O=C(c1cccc(NCc2nc(CO)cs2)c1)N1CCCC(O)C1. The van der Waals surface area contributed by atoms with Gasteiger partial charge in [0.2, 0.25) is 0 Å². The van der Waals surface area contributed by atoms with Gasteiger partial charge in [0.1, 0.15) is 5.01 Å². The number of aliphatic hydroxyl groups is 2. The summed E-state index contributed by atoms with van der Waals surface area (Å²) in [5.41, 5.74) is 2.13. The van der Waals surface area contributed by atoms with Crippen LogP contribution in [0, 0.1) is 0 Å². The normalized spacial score (nSPS) is 17.8.